The van der Waals surface area contributed by atoms with Crippen molar-refractivity contribution in [2.75, 3.05) is 13.6 Å². The van der Waals surface area contributed by atoms with Crippen molar-refractivity contribution in [1.82, 2.24) is 30.5 Å². The highest BCUT2D eigenvalue weighted by molar-refractivity contribution is 14.0. The molecule has 0 atom stereocenters. The van der Waals surface area contributed by atoms with E-state index in [1.165, 1.54) is 0 Å². The predicted molar refractivity (Wildman–Crippen MR) is 129 cm³/mol. The predicted octanol–water partition coefficient (Wildman–Crippen LogP) is 3.10. The number of carbonyl (C=O) groups is 1. The van der Waals surface area contributed by atoms with Gasteiger partial charge in [0.1, 0.15) is 5.60 Å². The lowest BCUT2D eigenvalue weighted by Crippen LogP contribution is -2.57. The summed E-state index contributed by atoms with van der Waals surface area (Å²) in [5, 5.41) is 17.9. The number of hydrogen-bond donors (Lipinski definition) is 3. The van der Waals surface area contributed by atoms with E-state index in [0.29, 0.717) is 19.0 Å². The van der Waals surface area contributed by atoms with Gasteiger partial charge in [-0.2, -0.15) is 0 Å². The summed E-state index contributed by atoms with van der Waals surface area (Å²) < 4.78 is 7.35. The number of halogens is 1. The van der Waals surface area contributed by atoms with Gasteiger partial charge in [0.2, 0.25) is 0 Å². The molecule has 0 spiro atoms. The molecule has 0 aliphatic rings. The normalized spacial score (nSPS) is 12.3. The number of hydrogen-bond acceptors (Lipinski definition) is 5. The Morgan fingerprint density at radius 2 is 1.87 bits per heavy atom. The molecule has 0 fully saturated rings. The second kappa shape index (κ2) is 11.3. The van der Waals surface area contributed by atoms with Crippen molar-refractivity contribution in [3.05, 3.63) is 30.2 Å². The van der Waals surface area contributed by atoms with E-state index in [1.54, 1.807) is 7.05 Å². The van der Waals surface area contributed by atoms with E-state index in [1.807, 2.05) is 63.4 Å². The number of rotatable bonds is 7. The van der Waals surface area contributed by atoms with E-state index < -0.39 is 17.2 Å². The Morgan fingerprint density at radius 3 is 2.47 bits per heavy atom. The van der Waals surface area contributed by atoms with Gasteiger partial charge in [-0.25, -0.2) is 4.79 Å². The number of fused-ring (bicyclic) bond motifs is 1. The lowest BCUT2D eigenvalue weighted by atomic mass is 9.93. The first kappa shape index (κ1) is 25.9. The highest BCUT2D eigenvalue weighted by atomic mass is 127. The molecule has 30 heavy (non-hydrogen) atoms. The molecule has 0 aliphatic carbocycles. The molecule has 3 N–H and O–H groups in total. The van der Waals surface area contributed by atoms with Crippen LogP contribution in [-0.2, 0) is 11.3 Å². The Balaban J connectivity index is 0.00000450. The third-order valence-corrected chi connectivity index (χ3v) is 4.74. The molecule has 2 aromatic rings. The molecule has 0 aliphatic heterocycles. The number of alkyl carbamates (subject to hydrolysis) is 1. The van der Waals surface area contributed by atoms with Gasteiger partial charge in [-0.15, -0.1) is 34.2 Å². The van der Waals surface area contributed by atoms with Crippen molar-refractivity contribution in [3.63, 3.8) is 0 Å². The van der Waals surface area contributed by atoms with Crippen molar-refractivity contribution >= 4 is 41.7 Å². The van der Waals surface area contributed by atoms with Gasteiger partial charge in [0, 0.05) is 19.8 Å². The van der Waals surface area contributed by atoms with Gasteiger partial charge in [-0.05, 0) is 45.7 Å². The molecule has 9 nitrogen and oxygen atoms in total. The summed E-state index contributed by atoms with van der Waals surface area (Å²) in [6.45, 7) is 10.6. The van der Waals surface area contributed by atoms with Crippen LogP contribution in [0.3, 0.4) is 0 Å². The highest BCUT2D eigenvalue weighted by Gasteiger charge is 2.30. The highest BCUT2D eigenvalue weighted by Crippen LogP contribution is 2.16. The topological polar surface area (TPSA) is 105 Å². The van der Waals surface area contributed by atoms with Crippen LogP contribution in [-0.4, -0.2) is 51.4 Å². The zero-order chi connectivity index (χ0) is 21.5. The Bertz CT molecular complexity index is 841. The fraction of sp³-hybridized carbons (Fsp3) is 0.600. The minimum atomic E-state index is -0.538. The summed E-state index contributed by atoms with van der Waals surface area (Å²) in [6, 6.07) is 5.77. The number of carbonyl (C=O) groups excluding carboxylic acids is 1. The maximum Gasteiger partial charge on any atom is 0.408 e. The fourth-order valence-corrected chi connectivity index (χ4v) is 2.89. The van der Waals surface area contributed by atoms with Gasteiger partial charge >= 0.3 is 6.09 Å². The van der Waals surface area contributed by atoms with Gasteiger partial charge < -0.3 is 20.7 Å². The van der Waals surface area contributed by atoms with Crippen molar-refractivity contribution in [2.45, 2.75) is 65.1 Å². The molecule has 1 amide bonds. The quantitative estimate of drug-likeness (QED) is 0.288. The number of pyridine rings is 1. The number of amides is 1. The molecule has 2 heterocycles. The van der Waals surface area contributed by atoms with Gasteiger partial charge in [0.15, 0.2) is 17.4 Å². The molecule has 0 radical (unpaired) electrons. The van der Waals surface area contributed by atoms with Crippen molar-refractivity contribution in [1.29, 1.82) is 0 Å². The minimum absolute atomic E-state index is 0. The molecule has 2 aromatic heterocycles. The van der Waals surface area contributed by atoms with Crippen LogP contribution in [0.5, 0.6) is 0 Å². The third kappa shape index (κ3) is 7.29. The zero-order valence-electron chi connectivity index (χ0n) is 18.7. The second-order valence-electron chi connectivity index (χ2n) is 7.94. The summed E-state index contributed by atoms with van der Waals surface area (Å²) in [6.07, 6.45) is 3.01. The van der Waals surface area contributed by atoms with E-state index in [2.05, 4.69) is 31.1 Å². The minimum Gasteiger partial charge on any atom is -0.444 e. The SMILES string of the molecule is CCC(CC)(CNC(=NC)NCc1nnc2ccccn12)NC(=O)OC(C)(C)C.I. The maximum atomic E-state index is 12.3. The Kier molecular flexibility index (Phi) is 9.79. The van der Waals surface area contributed by atoms with Crippen LogP contribution in [0.15, 0.2) is 29.4 Å². The summed E-state index contributed by atoms with van der Waals surface area (Å²) in [4.78, 5) is 16.6. The zero-order valence-corrected chi connectivity index (χ0v) is 21.0. The lowest BCUT2D eigenvalue weighted by Gasteiger charge is -2.34. The van der Waals surface area contributed by atoms with Crippen LogP contribution < -0.4 is 16.0 Å². The third-order valence-electron chi connectivity index (χ3n) is 4.74. The van der Waals surface area contributed by atoms with Crippen LogP contribution in [0.2, 0.25) is 0 Å². The largest absolute Gasteiger partial charge is 0.444 e. The molecule has 0 bridgehead atoms. The number of aromatic nitrogens is 3. The van der Waals surface area contributed by atoms with Crippen LogP contribution >= 0.6 is 24.0 Å². The van der Waals surface area contributed by atoms with E-state index in [-0.39, 0.29) is 24.0 Å². The number of nitrogens with one attached hydrogen (secondary N) is 3. The molecule has 0 aromatic carbocycles. The van der Waals surface area contributed by atoms with E-state index in [0.717, 1.165) is 24.3 Å². The summed E-state index contributed by atoms with van der Waals surface area (Å²) in [5.41, 5.74) is -0.185. The summed E-state index contributed by atoms with van der Waals surface area (Å²) >= 11 is 0. The first-order chi connectivity index (χ1) is 13.7. The smallest absolute Gasteiger partial charge is 0.408 e. The first-order valence-corrected chi connectivity index (χ1v) is 9.96. The number of nitrogens with zero attached hydrogens (tertiary/aromatic N) is 4. The molecule has 0 saturated carbocycles. The molecule has 0 unspecified atom stereocenters. The first-order valence-electron chi connectivity index (χ1n) is 9.96. The number of guanidine groups is 1. The van der Waals surface area contributed by atoms with Gasteiger partial charge in [-0.3, -0.25) is 9.39 Å². The average Bonchev–Trinajstić information content (AvgIpc) is 3.09. The Labute approximate surface area is 195 Å². The van der Waals surface area contributed by atoms with Gasteiger partial charge in [0.05, 0.1) is 12.1 Å². The van der Waals surface area contributed by atoms with E-state index in [9.17, 15) is 4.79 Å². The second-order valence-corrected chi connectivity index (χ2v) is 7.94. The van der Waals surface area contributed by atoms with Crippen molar-refractivity contribution in [3.8, 4) is 0 Å². The standard InChI is InChI=1S/C20H33N7O2.HI/c1-7-20(8-2,24-18(28)29-19(3,4)5)14-23-17(21-6)22-13-16-26-25-15-11-9-10-12-27(15)16;/h9-12H,7-8,13-14H2,1-6H3,(H,24,28)(H2,21,22,23);1H. The molecule has 10 heteroatoms. The molecular formula is C20H34IN7O2. The van der Waals surface area contributed by atoms with Crippen molar-refractivity contribution in [2.24, 2.45) is 4.99 Å². The summed E-state index contributed by atoms with van der Waals surface area (Å²) in [7, 11) is 1.71. The van der Waals surface area contributed by atoms with Crippen molar-refractivity contribution < 1.29 is 9.53 Å². The average molecular weight is 531 g/mol. The van der Waals surface area contributed by atoms with Crippen LogP contribution in [0.4, 0.5) is 4.79 Å². The van der Waals surface area contributed by atoms with Crippen LogP contribution in [0.25, 0.3) is 5.65 Å². The molecular weight excluding hydrogens is 497 g/mol. The summed E-state index contributed by atoms with van der Waals surface area (Å²) in [5.74, 6) is 1.41. The van der Waals surface area contributed by atoms with Gasteiger partial charge in [0.25, 0.3) is 0 Å². The molecule has 2 rings (SSSR count). The Hall–Kier alpha value is -2.11. The molecule has 0 saturated heterocycles. The maximum absolute atomic E-state index is 12.3. The van der Waals surface area contributed by atoms with Crippen LogP contribution in [0.1, 0.15) is 53.3 Å². The van der Waals surface area contributed by atoms with E-state index >= 15 is 0 Å². The van der Waals surface area contributed by atoms with Gasteiger partial charge in [-0.1, -0.05) is 19.9 Å². The Morgan fingerprint density at radius 1 is 1.17 bits per heavy atom. The number of aliphatic imine (C=N–C) groups is 1. The molecule has 168 valence electrons. The fourth-order valence-electron chi connectivity index (χ4n) is 2.89. The number of ether oxygens (including phenoxy) is 1. The lowest BCUT2D eigenvalue weighted by molar-refractivity contribution is 0.0448. The monoisotopic (exact) mass is 531 g/mol. The van der Waals surface area contributed by atoms with E-state index in [4.69, 9.17) is 4.74 Å². The van der Waals surface area contributed by atoms with Crippen LogP contribution in [0, 0.1) is 0 Å².